The largest absolute Gasteiger partial charge is 0.349 e. The molecule has 0 atom stereocenters. The van der Waals surface area contributed by atoms with Crippen LogP contribution in [-0.4, -0.2) is 48.9 Å². The van der Waals surface area contributed by atoms with Crippen LogP contribution in [0.4, 0.5) is 0 Å². The van der Waals surface area contributed by atoms with Crippen LogP contribution >= 0.6 is 0 Å². The highest BCUT2D eigenvalue weighted by molar-refractivity contribution is 5.79. The summed E-state index contributed by atoms with van der Waals surface area (Å²) in [6.07, 6.45) is 3.78. The van der Waals surface area contributed by atoms with Gasteiger partial charge >= 0.3 is 0 Å². The molecule has 0 amide bonds. The lowest BCUT2D eigenvalue weighted by molar-refractivity contribution is 0.479. The molecule has 0 unspecified atom stereocenters. The molecule has 1 aromatic heterocycles. The van der Waals surface area contributed by atoms with E-state index in [1.165, 1.54) is 11.1 Å². The Morgan fingerprint density at radius 3 is 2.21 bits per heavy atom. The number of guanidine groups is 1. The minimum atomic E-state index is 0.115. The first-order chi connectivity index (χ1) is 8.73. The zero-order valence-corrected chi connectivity index (χ0v) is 13.2. The first-order valence-corrected chi connectivity index (χ1v) is 6.56. The van der Waals surface area contributed by atoms with E-state index in [2.05, 4.69) is 31.8 Å². The van der Waals surface area contributed by atoms with E-state index < -0.39 is 0 Å². The normalized spacial score (nSPS) is 11.1. The standard InChI is InChI=1S/C15H26N4/c1-15(2,3)13-8-9-16-10-12(13)11-17-14(18(4)5)19(6)7/h8-10H,11H2,1-7H3. The van der Waals surface area contributed by atoms with E-state index in [1.807, 2.05) is 50.4 Å². The minimum Gasteiger partial charge on any atom is -0.349 e. The van der Waals surface area contributed by atoms with Gasteiger partial charge in [-0.3, -0.25) is 4.98 Å². The molecule has 1 heterocycles. The predicted octanol–water partition coefficient (Wildman–Crippen LogP) is 2.36. The SMILES string of the molecule is CN(C)C(=NCc1cnccc1C(C)(C)C)N(C)C. The van der Waals surface area contributed by atoms with Crippen molar-refractivity contribution < 1.29 is 0 Å². The molecular weight excluding hydrogens is 236 g/mol. The third-order valence-corrected chi connectivity index (χ3v) is 2.90. The third kappa shape index (κ3) is 4.23. The molecule has 19 heavy (non-hydrogen) atoms. The van der Waals surface area contributed by atoms with Gasteiger partial charge in [0.1, 0.15) is 0 Å². The fourth-order valence-electron chi connectivity index (χ4n) is 2.12. The van der Waals surface area contributed by atoms with Gasteiger partial charge in [-0.2, -0.15) is 0 Å². The Morgan fingerprint density at radius 2 is 1.74 bits per heavy atom. The highest BCUT2D eigenvalue weighted by Gasteiger charge is 2.17. The molecule has 0 saturated carbocycles. The van der Waals surface area contributed by atoms with Gasteiger partial charge in [0.05, 0.1) is 6.54 Å². The van der Waals surface area contributed by atoms with Crippen molar-refractivity contribution in [3.63, 3.8) is 0 Å². The van der Waals surface area contributed by atoms with E-state index in [0.29, 0.717) is 6.54 Å². The van der Waals surface area contributed by atoms with Gasteiger partial charge in [-0.05, 0) is 22.6 Å². The summed E-state index contributed by atoms with van der Waals surface area (Å²) in [5.41, 5.74) is 2.61. The van der Waals surface area contributed by atoms with E-state index in [9.17, 15) is 0 Å². The van der Waals surface area contributed by atoms with Crippen molar-refractivity contribution in [3.8, 4) is 0 Å². The predicted molar refractivity (Wildman–Crippen MR) is 81.5 cm³/mol. The van der Waals surface area contributed by atoms with E-state index in [-0.39, 0.29) is 5.41 Å². The molecule has 0 saturated heterocycles. The lowest BCUT2D eigenvalue weighted by Gasteiger charge is -2.24. The van der Waals surface area contributed by atoms with Crippen LogP contribution in [0.25, 0.3) is 0 Å². The molecular formula is C15H26N4. The number of hydrogen-bond donors (Lipinski definition) is 0. The molecule has 4 nitrogen and oxygen atoms in total. The number of aliphatic imine (C=N–C) groups is 1. The molecule has 0 radical (unpaired) electrons. The zero-order valence-electron chi connectivity index (χ0n) is 13.2. The average molecular weight is 262 g/mol. The fraction of sp³-hybridized carbons (Fsp3) is 0.600. The van der Waals surface area contributed by atoms with Gasteiger partial charge in [-0.25, -0.2) is 4.99 Å². The van der Waals surface area contributed by atoms with E-state index >= 15 is 0 Å². The van der Waals surface area contributed by atoms with E-state index in [0.717, 1.165) is 5.96 Å². The summed E-state index contributed by atoms with van der Waals surface area (Å²) in [5.74, 6) is 0.962. The molecule has 0 fully saturated rings. The summed E-state index contributed by atoms with van der Waals surface area (Å²) in [6, 6.07) is 2.09. The minimum absolute atomic E-state index is 0.115. The van der Waals surface area contributed by atoms with Crippen LogP contribution in [0.1, 0.15) is 31.9 Å². The number of nitrogens with zero attached hydrogens (tertiary/aromatic N) is 4. The van der Waals surface area contributed by atoms with Crippen molar-refractivity contribution in [1.82, 2.24) is 14.8 Å². The molecule has 1 rings (SSSR count). The molecule has 0 N–H and O–H groups in total. The quantitative estimate of drug-likeness (QED) is 0.606. The van der Waals surface area contributed by atoms with Crippen molar-refractivity contribution in [2.24, 2.45) is 4.99 Å². The second-order valence-electron chi connectivity index (χ2n) is 6.19. The smallest absolute Gasteiger partial charge is 0.195 e. The van der Waals surface area contributed by atoms with Gasteiger partial charge in [0.25, 0.3) is 0 Å². The second-order valence-corrected chi connectivity index (χ2v) is 6.19. The fourth-order valence-corrected chi connectivity index (χ4v) is 2.12. The second kappa shape index (κ2) is 6.04. The zero-order chi connectivity index (χ0) is 14.6. The molecule has 4 heteroatoms. The molecule has 1 aromatic rings. The molecule has 0 spiro atoms. The first kappa shape index (κ1) is 15.5. The molecule has 106 valence electrons. The molecule has 0 aliphatic carbocycles. The number of hydrogen-bond acceptors (Lipinski definition) is 2. The summed E-state index contributed by atoms with van der Waals surface area (Å²) in [6.45, 7) is 7.31. The van der Waals surface area contributed by atoms with Gasteiger partial charge in [0.15, 0.2) is 5.96 Å². The maximum Gasteiger partial charge on any atom is 0.195 e. The Morgan fingerprint density at radius 1 is 1.16 bits per heavy atom. The van der Waals surface area contributed by atoms with E-state index in [4.69, 9.17) is 4.99 Å². The van der Waals surface area contributed by atoms with Gasteiger partial charge in [-0.1, -0.05) is 20.8 Å². The summed E-state index contributed by atoms with van der Waals surface area (Å²) < 4.78 is 0. The highest BCUT2D eigenvalue weighted by Crippen LogP contribution is 2.25. The molecule has 0 aliphatic heterocycles. The number of rotatable bonds is 2. The lowest BCUT2D eigenvalue weighted by atomic mass is 9.85. The maximum absolute atomic E-state index is 4.70. The Labute approximate surface area is 117 Å². The van der Waals surface area contributed by atoms with Crippen LogP contribution in [-0.2, 0) is 12.0 Å². The van der Waals surface area contributed by atoms with Gasteiger partial charge < -0.3 is 9.80 Å². The summed E-state index contributed by atoms with van der Waals surface area (Å²) in [7, 11) is 8.03. The monoisotopic (exact) mass is 262 g/mol. The van der Waals surface area contributed by atoms with Crippen LogP contribution in [0.2, 0.25) is 0 Å². The Kier molecular flexibility index (Phi) is 4.92. The van der Waals surface area contributed by atoms with Crippen LogP contribution in [0.5, 0.6) is 0 Å². The Bertz CT molecular complexity index is 432. The van der Waals surface area contributed by atoms with Crippen LogP contribution in [0.15, 0.2) is 23.5 Å². The maximum atomic E-state index is 4.70. The summed E-state index contributed by atoms with van der Waals surface area (Å²) in [5, 5.41) is 0. The Balaban J connectivity index is 3.04. The molecule has 0 aromatic carbocycles. The van der Waals surface area contributed by atoms with Crippen LogP contribution in [0, 0.1) is 0 Å². The summed E-state index contributed by atoms with van der Waals surface area (Å²) >= 11 is 0. The van der Waals surface area contributed by atoms with Crippen molar-refractivity contribution in [2.75, 3.05) is 28.2 Å². The number of aromatic nitrogens is 1. The summed E-state index contributed by atoms with van der Waals surface area (Å²) in [4.78, 5) is 13.0. The lowest BCUT2D eigenvalue weighted by Crippen LogP contribution is -2.35. The average Bonchev–Trinajstić information content (AvgIpc) is 2.27. The number of pyridine rings is 1. The first-order valence-electron chi connectivity index (χ1n) is 6.56. The molecule has 0 bridgehead atoms. The molecule has 0 aliphatic rings. The van der Waals surface area contributed by atoms with Gasteiger partial charge in [0, 0.05) is 40.6 Å². The van der Waals surface area contributed by atoms with Gasteiger partial charge in [0.2, 0.25) is 0 Å². The van der Waals surface area contributed by atoms with Crippen molar-refractivity contribution >= 4 is 5.96 Å². The van der Waals surface area contributed by atoms with Crippen LogP contribution < -0.4 is 0 Å². The third-order valence-electron chi connectivity index (χ3n) is 2.90. The van der Waals surface area contributed by atoms with Crippen molar-refractivity contribution in [1.29, 1.82) is 0 Å². The topological polar surface area (TPSA) is 31.7 Å². The van der Waals surface area contributed by atoms with Crippen molar-refractivity contribution in [2.45, 2.75) is 32.7 Å². The van der Waals surface area contributed by atoms with Gasteiger partial charge in [-0.15, -0.1) is 0 Å². The highest BCUT2D eigenvalue weighted by atomic mass is 15.3. The van der Waals surface area contributed by atoms with Crippen molar-refractivity contribution in [3.05, 3.63) is 29.6 Å². The Hall–Kier alpha value is -1.58. The van der Waals surface area contributed by atoms with Crippen LogP contribution in [0.3, 0.4) is 0 Å². The van der Waals surface area contributed by atoms with E-state index in [1.54, 1.807) is 0 Å².